The van der Waals surface area contributed by atoms with Crippen molar-refractivity contribution < 1.29 is 14.3 Å². The number of aromatic nitrogens is 1. The van der Waals surface area contributed by atoms with Crippen LogP contribution in [0.15, 0.2) is 10.5 Å². The van der Waals surface area contributed by atoms with E-state index < -0.39 is 5.97 Å². The first kappa shape index (κ1) is 11.6. The zero-order chi connectivity index (χ0) is 12.6. The van der Waals surface area contributed by atoms with Crippen LogP contribution in [0.5, 0.6) is 0 Å². The summed E-state index contributed by atoms with van der Waals surface area (Å²) in [7, 11) is 0. The van der Waals surface area contributed by atoms with Crippen molar-refractivity contribution in [2.75, 3.05) is 0 Å². The second-order valence-corrected chi connectivity index (χ2v) is 4.31. The number of nitrogens with zero attached hydrogens (tertiary/aromatic N) is 1. The fourth-order valence-corrected chi connectivity index (χ4v) is 1.89. The summed E-state index contributed by atoms with van der Waals surface area (Å²) in [5, 5.41) is 8.63. The van der Waals surface area contributed by atoms with Crippen LogP contribution in [0.25, 0.3) is 11.1 Å². The molecule has 17 heavy (non-hydrogen) atoms. The summed E-state index contributed by atoms with van der Waals surface area (Å²) in [6.07, 6.45) is 0.381. The standard InChI is InChI=1S/C13H15NO3/c1-7-6-8(2)13-12(9(7)3)14-10(17-13)4-5-11(15)16/h6H,4-5H2,1-3H3,(H,15,16). The van der Waals surface area contributed by atoms with Crippen LogP contribution in [0, 0.1) is 20.8 Å². The molecule has 0 radical (unpaired) electrons. The molecule has 90 valence electrons. The maximum absolute atomic E-state index is 10.5. The largest absolute Gasteiger partial charge is 0.481 e. The lowest BCUT2D eigenvalue weighted by Gasteiger charge is -2.01. The maximum atomic E-state index is 10.5. The lowest BCUT2D eigenvalue weighted by Crippen LogP contribution is -1.97. The van der Waals surface area contributed by atoms with Gasteiger partial charge in [0.15, 0.2) is 11.5 Å². The minimum Gasteiger partial charge on any atom is -0.481 e. The van der Waals surface area contributed by atoms with Gasteiger partial charge < -0.3 is 9.52 Å². The molecule has 0 atom stereocenters. The van der Waals surface area contributed by atoms with Gasteiger partial charge >= 0.3 is 5.97 Å². The van der Waals surface area contributed by atoms with Crippen molar-refractivity contribution in [3.63, 3.8) is 0 Å². The minimum absolute atomic E-state index is 0.0455. The average molecular weight is 233 g/mol. The van der Waals surface area contributed by atoms with E-state index in [1.807, 2.05) is 20.8 Å². The van der Waals surface area contributed by atoms with Crippen molar-refractivity contribution in [1.29, 1.82) is 0 Å². The number of carboxylic acid groups (broad SMARTS) is 1. The average Bonchev–Trinajstić information content (AvgIpc) is 2.68. The van der Waals surface area contributed by atoms with Crippen LogP contribution in [-0.4, -0.2) is 16.1 Å². The lowest BCUT2D eigenvalue weighted by atomic mass is 10.1. The van der Waals surface area contributed by atoms with Gasteiger partial charge in [0.05, 0.1) is 6.42 Å². The van der Waals surface area contributed by atoms with Crippen molar-refractivity contribution in [1.82, 2.24) is 4.98 Å². The van der Waals surface area contributed by atoms with Gasteiger partial charge in [0.1, 0.15) is 5.52 Å². The SMILES string of the molecule is Cc1cc(C)c2oc(CCC(=O)O)nc2c1C. The number of aryl methyl sites for hydroxylation is 4. The predicted molar refractivity (Wildman–Crippen MR) is 64.2 cm³/mol. The zero-order valence-electron chi connectivity index (χ0n) is 10.2. The first-order valence-corrected chi connectivity index (χ1v) is 5.57. The van der Waals surface area contributed by atoms with Crippen LogP contribution in [0.3, 0.4) is 0 Å². The van der Waals surface area contributed by atoms with Crippen LogP contribution >= 0.6 is 0 Å². The maximum Gasteiger partial charge on any atom is 0.303 e. The first-order chi connectivity index (χ1) is 7.99. The highest BCUT2D eigenvalue weighted by molar-refractivity contribution is 5.81. The Balaban J connectivity index is 2.46. The Kier molecular flexibility index (Phi) is 2.88. The Labute approximate surface area is 99.3 Å². The molecule has 2 aromatic rings. The van der Waals surface area contributed by atoms with Crippen LogP contribution in [-0.2, 0) is 11.2 Å². The number of benzene rings is 1. The van der Waals surface area contributed by atoms with Crippen molar-refractivity contribution in [2.45, 2.75) is 33.6 Å². The lowest BCUT2D eigenvalue weighted by molar-refractivity contribution is -0.137. The van der Waals surface area contributed by atoms with Gasteiger partial charge in [0.2, 0.25) is 0 Å². The van der Waals surface area contributed by atoms with Gasteiger partial charge in [-0.25, -0.2) is 4.98 Å². The van der Waals surface area contributed by atoms with Gasteiger partial charge in [-0.15, -0.1) is 0 Å². The normalized spacial score (nSPS) is 11.0. The molecule has 0 spiro atoms. The molecule has 4 nitrogen and oxygen atoms in total. The summed E-state index contributed by atoms with van der Waals surface area (Å²) in [6.45, 7) is 6.01. The van der Waals surface area contributed by atoms with Crippen LogP contribution in [0.4, 0.5) is 0 Å². The molecule has 0 saturated carbocycles. The van der Waals surface area contributed by atoms with E-state index >= 15 is 0 Å². The quantitative estimate of drug-likeness (QED) is 0.885. The Morgan fingerprint density at radius 1 is 1.35 bits per heavy atom. The number of carboxylic acids is 1. The molecule has 0 saturated heterocycles. The van der Waals surface area contributed by atoms with Crippen molar-refractivity contribution in [3.8, 4) is 0 Å². The third-order valence-corrected chi connectivity index (χ3v) is 2.96. The van der Waals surface area contributed by atoms with Gasteiger partial charge in [-0.3, -0.25) is 4.79 Å². The molecule has 1 N–H and O–H groups in total. The molecule has 1 aromatic heterocycles. The van der Waals surface area contributed by atoms with E-state index in [1.54, 1.807) is 0 Å². The van der Waals surface area contributed by atoms with Crippen molar-refractivity contribution in [2.24, 2.45) is 0 Å². The summed E-state index contributed by atoms with van der Waals surface area (Å²) < 4.78 is 5.61. The topological polar surface area (TPSA) is 63.3 Å². The van der Waals surface area contributed by atoms with E-state index in [1.165, 1.54) is 5.56 Å². The number of aliphatic carboxylic acids is 1. The number of oxazole rings is 1. The van der Waals surface area contributed by atoms with E-state index in [9.17, 15) is 4.79 Å². The summed E-state index contributed by atoms with van der Waals surface area (Å²) in [5.41, 5.74) is 4.93. The predicted octanol–water partition coefficient (Wildman–Crippen LogP) is 2.77. The second-order valence-electron chi connectivity index (χ2n) is 4.31. The molecule has 0 unspecified atom stereocenters. The van der Waals surface area contributed by atoms with Crippen LogP contribution in [0.1, 0.15) is 29.0 Å². The molecule has 2 rings (SSSR count). The monoisotopic (exact) mass is 233 g/mol. The summed E-state index contributed by atoms with van der Waals surface area (Å²) in [5.74, 6) is -0.337. The van der Waals surface area contributed by atoms with E-state index in [-0.39, 0.29) is 6.42 Å². The molecule has 1 aromatic carbocycles. The Morgan fingerprint density at radius 3 is 2.71 bits per heavy atom. The fourth-order valence-electron chi connectivity index (χ4n) is 1.89. The smallest absolute Gasteiger partial charge is 0.303 e. The van der Waals surface area contributed by atoms with Crippen LogP contribution in [0.2, 0.25) is 0 Å². The molecule has 0 aliphatic rings. The van der Waals surface area contributed by atoms with E-state index in [4.69, 9.17) is 9.52 Å². The molecule has 1 heterocycles. The number of fused-ring (bicyclic) bond motifs is 1. The Bertz CT molecular complexity index is 584. The third kappa shape index (κ3) is 2.16. The minimum atomic E-state index is -0.836. The highest BCUT2D eigenvalue weighted by Gasteiger charge is 2.13. The molecule has 0 bridgehead atoms. The molecular formula is C13H15NO3. The van der Waals surface area contributed by atoms with Gasteiger partial charge in [-0.2, -0.15) is 0 Å². The molecule has 0 fully saturated rings. The Hall–Kier alpha value is -1.84. The second kappa shape index (κ2) is 4.20. The Morgan fingerprint density at radius 2 is 2.06 bits per heavy atom. The zero-order valence-corrected chi connectivity index (χ0v) is 10.2. The summed E-state index contributed by atoms with van der Waals surface area (Å²) >= 11 is 0. The molecular weight excluding hydrogens is 218 g/mol. The number of carbonyl (C=O) groups is 1. The molecule has 0 aliphatic carbocycles. The number of rotatable bonds is 3. The van der Waals surface area contributed by atoms with E-state index in [0.717, 1.165) is 22.2 Å². The highest BCUT2D eigenvalue weighted by Crippen LogP contribution is 2.26. The van der Waals surface area contributed by atoms with Gasteiger partial charge in [0, 0.05) is 6.42 Å². The molecule has 0 aliphatic heterocycles. The van der Waals surface area contributed by atoms with Crippen LogP contribution < -0.4 is 0 Å². The summed E-state index contributed by atoms with van der Waals surface area (Å²) in [6, 6.07) is 2.06. The van der Waals surface area contributed by atoms with Crippen molar-refractivity contribution >= 4 is 17.1 Å². The first-order valence-electron chi connectivity index (χ1n) is 5.57. The number of hydrogen-bond acceptors (Lipinski definition) is 3. The van der Waals surface area contributed by atoms with Gasteiger partial charge in [-0.05, 0) is 37.5 Å². The van der Waals surface area contributed by atoms with Crippen molar-refractivity contribution in [3.05, 3.63) is 28.6 Å². The van der Waals surface area contributed by atoms with Gasteiger partial charge in [0.25, 0.3) is 0 Å². The third-order valence-electron chi connectivity index (χ3n) is 2.96. The van der Waals surface area contributed by atoms with E-state index in [2.05, 4.69) is 11.1 Å². The highest BCUT2D eigenvalue weighted by atomic mass is 16.4. The molecule has 4 heteroatoms. The van der Waals surface area contributed by atoms with E-state index in [0.29, 0.717) is 12.3 Å². The van der Waals surface area contributed by atoms with Gasteiger partial charge in [-0.1, -0.05) is 6.07 Å². The number of hydrogen-bond donors (Lipinski definition) is 1. The molecule has 0 amide bonds. The summed E-state index contributed by atoms with van der Waals surface area (Å²) in [4.78, 5) is 14.9. The fraction of sp³-hybridized carbons (Fsp3) is 0.385.